The molecule has 1 aliphatic heterocycles. The second kappa shape index (κ2) is 6.83. The molecule has 7 heteroatoms. The number of benzene rings is 1. The van der Waals surface area contributed by atoms with E-state index in [1.54, 1.807) is 12.1 Å². The molecule has 0 aromatic heterocycles. The van der Waals surface area contributed by atoms with E-state index in [4.69, 9.17) is 9.84 Å². The van der Waals surface area contributed by atoms with Crippen LogP contribution in [0.1, 0.15) is 16.8 Å². The van der Waals surface area contributed by atoms with Gasteiger partial charge in [0.1, 0.15) is 0 Å². The summed E-state index contributed by atoms with van der Waals surface area (Å²) >= 11 is 3.25. The van der Waals surface area contributed by atoms with E-state index in [1.807, 2.05) is 0 Å². The van der Waals surface area contributed by atoms with Gasteiger partial charge < -0.3 is 20.5 Å². The molecule has 0 bridgehead atoms. The van der Waals surface area contributed by atoms with Crippen molar-refractivity contribution in [3.05, 3.63) is 28.2 Å². The maximum Gasteiger partial charge on any atom is 0.337 e. The number of para-hydroxylation sites is 1. The molecule has 1 fully saturated rings. The van der Waals surface area contributed by atoms with Crippen LogP contribution in [0.2, 0.25) is 0 Å². The Balaban J connectivity index is 2.05. The minimum Gasteiger partial charge on any atom is -0.478 e. The van der Waals surface area contributed by atoms with E-state index in [-0.39, 0.29) is 29.7 Å². The first kappa shape index (κ1) is 15.0. The van der Waals surface area contributed by atoms with Gasteiger partial charge in [-0.1, -0.05) is 6.07 Å². The van der Waals surface area contributed by atoms with E-state index in [0.29, 0.717) is 17.6 Å². The molecule has 108 valence electrons. The summed E-state index contributed by atoms with van der Waals surface area (Å²) in [6, 6.07) is 4.74. The van der Waals surface area contributed by atoms with Gasteiger partial charge in [-0.2, -0.15) is 0 Å². The SMILES string of the molecule is O=C(CC1CNCCO1)Nc1c(Br)cccc1C(=O)O. The molecule has 1 saturated heterocycles. The zero-order valence-electron chi connectivity index (χ0n) is 10.7. The maximum atomic E-state index is 12.0. The van der Waals surface area contributed by atoms with E-state index in [9.17, 15) is 9.59 Å². The van der Waals surface area contributed by atoms with Gasteiger partial charge >= 0.3 is 5.97 Å². The van der Waals surface area contributed by atoms with Crippen LogP contribution >= 0.6 is 15.9 Å². The molecule has 20 heavy (non-hydrogen) atoms. The Morgan fingerprint density at radius 1 is 1.50 bits per heavy atom. The zero-order chi connectivity index (χ0) is 14.5. The first-order valence-corrected chi connectivity index (χ1v) is 7.01. The van der Waals surface area contributed by atoms with Gasteiger partial charge in [-0.25, -0.2) is 4.79 Å². The highest BCUT2D eigenvalue weighted by Gasteiger charge is 2.20. The van der Waals surface area contributed by atoms with Gasteiger partial charge in [0.05, 0.1) is 30.4 Å². The fourth-order valence-corrected chi connectivity index (χ4v) is 2.44. The highest BCUT2D eigenvalue weighted by atomic mass is 79.9. The minimum atomic E-state index is -1.09. The Labute approximate surface area is 124 Å². The molecule has 2 rings (SSSR count). The summed E-state index contributed by atoms with van der Waals surface area (Å²) in [4.78, 5) is 23.1. The van der Waals surface area contributed by atoms with Gasteiger partial charge in [-0.3, -0.25) is 4.79 Å². The van der Waals surface area contributed by atoms with Crippen molar-refractivity contribution < 1.29 is 19.4 Å². The van der Waals surface area contributed by atoms with Crippen LogP contribution in [-0.4, -0.2) is 42.8 Å². The van der Waals surface area contributed by atoms with Gasteiger partial charge in [0.15, 0.2) is 0 Å². The number of nitrogens with one attached hydrogen (secondary N) is 2. The number of carbonyl (C=O) groups is 2. The van der Waals surface area contributed by atoms with Crippen LogP contribution in [-0.2, 0) is 9.53 Å². The largest absolute Gasteiger partial charge is 0.478 e. The predicted octanol–water partition coefficient (Wildman–Crippen LogP) is 1.46. The highest BCUT2D eigenvalue weighted by Crippen LogP contribution is 2.26. The van der Waals surface area contributed by atoms with Crippen molar-refractivity contribution in [2.45, 2.75) is 12.5 Å². The minimum absolute atomic E-state index is 0.0513. The first-order chi connectivity index (χ1) is 9.58. The monoisotopic (exact) mass is 342 g/mol. The molecule has 1 atom stereocenters. The molecule has 3 N–H and O–H groups in total. The van der Waals surface area contributed by atoms with Crippen molar-refractivity contribution in [1.29, 1.82) is 0 Å². The third kappa shape index (κ3) is 3.78. The quantitative estimate of drug-likeness (QED) is 0.771. The third-order valence-electron chi connectivity index (χ3n) is 2.93. The topological polar surface area (TPSA) is 87.7 Å². The van der Waals surface area contributed by atoms with E-state index >= 15 is 0 Å². The van der Waals surface area contributed by atoms with Crippen molar-refractivity contribution in [3.63, 3.8) is 0 Å². The number of morpholine rings is 1. The summed E-state index contributed by atoms with van der Waals surface area (Å²) in [7, 11) is 0. The summed E-state index contributed by atoms with van der Waals surface area (Å²) < 4.78 is 5.98. The molecule has 0 aliphatic carbocycles. The van der Waals surface area contributed by atoms with Gasteiger partial charge in [0, 0.05) is 17.6 Å². The Morgan fingerprint density at radius 3 is 2.95 bits per heavy atom. The normalized spacial score (nSPS) is 18.6. The van der Waals surface area contributed by atoms with E-state index in [2.05, 4.69) is 26.6 Å². The number of carboxylic acid groups (broad SMARTS) is 1. The average molecular weight is 343 g/mol. The lowest BCUT2D eigenvalue weighted by Gasteiger charge is -2.23. The first-order valence-electron chi connectivity index (χ1n) is 6.22. The third-order valence-corrected chi connectivity index (χ3v) is 3.59. The van der Waals surface area contributed by atoms with E-state index in [1.165, 1.54) is 6.07 Å². The fraction of sp³-hybridized carbons (Fsp3) is 0.385. The predicted molar refractivity (Wildman–Crippen MR) is 77.0 cm³/mol. The summed E-state index contributed by atoms with van der Waals surface area (Å²) in [6.07, 6.45) is 0.00689. The number of carboxylic acids is 1. The van der Waals surface area contributed by atoms with E-state index in [0.717, 1.165) is 6.54 Å². The lowest BCUT2D eigenvalue weighted by molar-refractivity contribution is -0.119. The molecule has 0 spiro atoms. The van der Waals surface area contributed by atoms with Gasteiger partial charge in [0.2, 0.25) is 5.91 Å². The van der Waals surface area contributed by atoms with Crippen molar-refractivity contribution in [2.24, 2.45) is 0 Å². The van der Waals surface area contributed by atoms with Crippen molar-refractivity contribution >= 4 is 33.5 Å². The number of aromatic carboxylic acids is 1. The number of anilines is 1. The lowest BCUT2D eigenvalue weighted by Crippen LogP contribution is -2.40. The molecule has 6 nitrogen and oxygen atoms in total. The molecule has 1 aliphatic rings. The molecule has 1 aromatic carbocycles. The highest BCUT2D eigenvalue weighted by molar-refractivity contribution is 9.10. The number of hydrogen-bond acceptors (Lipinski definition) is 4. The van der Waals surface area contributed by atoms with Crippen LogP contribution in [0.5, 0.6) is 0 Å². The second-order valence-corrected chi connectivity index (χ2v) is 5.27. The Bertz CT molecular complexity index is 515. The summed E-state index contributed by atoms with van der Waals surface area (Å²) in [5.41, 5.74) is 0.323. The number of hydrogen-bond donors (Lipinski definition) is 3. The van der Waals surface area contributed by atoms with Crippen LogP contribution in [0, 0.1) is 0 Å². The molecule has 0 radical (unpaired) electrons. The van der Waals surface area contributed by atoms with Crippen LogP contribution in [0.4, 0.5) is 5.69 Å². The molecule has 1 aromatic rings. The zero-order valence-corrected chi connectivity index (χ0v) is 12.3. The Hall–Kier alpha value is -1.44. The number of amides is 1. The number of ether oxygens (including phenoxy) is 1. The van der Waals surface area contributed by atoms with Crippen molar-refractivity contribution in [2.75, 3.05) is 25.0 Å². The molecule has 1 amide bonds. The smallest absolute Gasteiger partial charge is 0.337 e. The Morgan fingerprint density at radius 2 is 2.30 bits per heavy atom. The van der Waals surface area contributed by atoms with Gasteiger partial charge in [-0.05, 0) is 28.1 Å². The van der Waals surface area contributed by atoms with Gasteiger partial charge in [-0.15, -0.1) is 0 Å². The van der Waals surface area contributed by atoms with Crippen molar-refractivity contribution in [3.8, 4) is 0 Å². The van der Waals surface area contributed by atoms with Crippen LogP contribution in [0.15, 0.2) is 22.7 Å². The molecule has 0 saturated carbocycles. The van der Waals surface area contributed by atoms with Gasteiger partial charge in [0.25, 0.3) is 0 Å². The molecular formula is C13H15BrN2O4. The van der Waals surface area contributed by atoms with Crippen LogP contribution in [0.3, 0.4) is 0 Å². The lowest BCUT2D eigenvalue weighted by atomic mass is 10.1. The molecule has 1 unspecified atom stereocenters. The summed E-state index contributed by atoms with van der Waals surface area (Å²) in [6.45, 7) is 1.98. The summed E-state index contributed by atoms with van der Waals surface area (Å²) in [5, 5.41) is 14.9. The number of carbonyl (C=O) groups excluding carboxylic acids is 1. The second-order valence-electron chi connectivity index (χ2n) is 4.42. The maximum absolute atomic E-state index is 12.0. The fourth-order valence-electron chi connectivity index (χ4n) is 1.98. The Kier molecular flexibility index (Phi) is 5.11. The van der Waals surface area contributed by atoms with E-state index < -0.39 is 5.97 Å². The molecular weight excluding hydrogens is 328 g/mol. The average Bonchev–Trinajstić information content (AvgIpc) is 2.42. The number of halogens is 1. The number of rotatable bonds is 4. The van der Waals surface area contributed by atoms with Crippen LogP contribution < -0.4 is 10.6 Å². The molecule has 1 heterocycles. The summed E-state index contributed by atoms with van der Waals surface area (Å²) in [5.74, 6) is -1.36. The van der Waals surface area contributed by atoms with Crippen molar-refractivity contribution in [1.82, 2.24) is 5.32 Å². The van der Waals surface area contributed by atoms with Crippen LogP contribution in [0.25, 0.3) is 0 Å². The standard InChI is InChI=1S/C13H15BrN2O4/c14-10-3-1-2-9(13(18)19)12(10)16-11(17)6-8-7-15-4-5-20-8/h1-3,8,15H,4-7H2,(H,16,17)(H,18,19).